The summed E-state index contributed by atoms with van der Waals surface area (Å²) in [7, 11) is 0. The normalized spacial score (nSPS) is 15.9. The molecule has 0 aliphatic rings. The van der Waals surface area contributed by atoms with Crippen molar-refractivity contribution in [2.45, 2.75) is 13.8 Å². The Morgan fingerprint density at radius 2 is 0.956 bits per heavy atom. The van der Waals surface area contributed by atoms with E-state index in [9.17, 15) is 23.3 Å². The van der Waals surface area contributed by atoms with Crippen molar-refractivity contribution in [3.05, 3.63) is 326 Å². The molecule has 430 valence electrons. The first kappa shape index (κ1) is 31.7. The fourth-order valence-corrected chi connectivity index (χ4v) is 11.4. The minimum atomic E-state index is -1.19. The van der Waals surface area contributed by atoms with Gasteiger partial charge < -0.3 is 4.74 Å². The summed E-state index contributed by atoms with van der Waals surface area (Å²) in [5, 5.41) is 0. The second kappa shape index (κ2) is 21.9. The number of rotatable bonds is 12. The predicted octanol–water partition coefficient (Wildman–Crippen LogP) is 20.2. The van der Waals surface area contributed by atoms with E-state index in [2.05, 4.69) is 6.33 Å². The fourth-order valence-electron chi connectivity index (χ4n) is 11.4. The van der Waals surface area contributed by atoms with Crippen molar-refractivity contribution < 1.29 is 47.7 Å². The molecule has 17 aromatic rings. The highest BCUT2D eigenvalue weighted by atomic mass is 16.5. The predicted molar refractivity (Wildman–Crippen MR) is 370 cm³/mol. The van der Waals surface area contributed by atoms with Crippen LogP contribution < -0.4 is 9.30 Å². The molecule has 0 radical (unpaired) electrons. The van der Waals surface area contributed by atoms with Gasteiger partial charge in [-0.3, -0.25) is 18.1 Å². The van der Waals surface area contributed by atoms with Crippen LogP contribution in [0.1, 0.15) is 49.5 Å². The molecule has 0 aliphatic heterocycles. The van der Waals surface area contributed by atoms with Gasteiger partial charge in [-0.1, -0.05) is 211 Å². The monoisotopic (exact) mass is 1200 g/mol. The van der Waals surface area contributed by atoms with Gasteiger partial charge >= 0.3 is 0 Å². The Morgan fingerprint density at radius 3 is 1.62 bits per heavy atom. The van der Waals surface area contributed by atoms with E-state index in [0.29, 0.717) is 28.5 Å². The van der Waals surface area contributed by atoms with Gasteiger partial charge in [-0.25, -0.2) is 14.5 Å². The average molecular weight is 1200 g/mol. The number of aromatic nitrogens is 7. The van der Waals surface area contributed by atoms with Crippen LogP contribution in [-0.4, -0.2) is 28.1 Å². The molecule has 0 saturated heterocycles. The summed E-state index contributed by atoms with van der Waals surface area (Å²) < 4.78 is 281. The molecule has 91 heavy (non-hydrogen) atoms. The molecule has 0 atom stereocenters. The average Bonchev–Trinajstić information content (AvgIpc) is 1.04. The molecule has 0 fully saturated rings. The number of para-hydroxylation sites is 7. The summed E-state index contributed by atoms with van der Waals surface area (Å²) in [6, 6.07) is 13.1. The SMILES string of the molecule is [2H]c1c([2H])c([2H])c(-c2c([2H])c(-c3c([2H])c([2H])c([2H])c([2H])c3[2H])c([2H])c(-c3c([2H])c([2H])c([2H])c(-c4c([2H])c(-c5c([2H])c([2H])c([2H])c([2H])c5[2H])c([2H])c(-c5c([2H])c([2H])c(C)c([2H])c5[2H])c4[2H])c3-[n+]3[c-]n(-c4cccc(Oc5ccc6c(c5)n(-c5nc7ccccc7n5-c5ccccc5)c5nc7c(C)cccc7n65)c4)c4ccccc43)c2[2H])c([2H])c1[2H]. The zero-order chi connectivity index (χ0) is 84.9. The smallest absolute Gasteiger partial charge is 0.269 e. The lowest BCUT2D eigenvalue weighted by atomic mass is 9.88. The second-order valence-corrected chi connectivity index (χ2v) is 21.1. The Labute approximate surface area is 565 Å². The summed E-state index contributed by atoms with van der Waals surface area (Å²) in [5.74, 6) is 1.55. The first-order valence-corrected chi connectivity index (χ1v) is 28.5. The van der Waals surface area contributed by atoms with E-state index in [1.807, 2.05) is 105 Å². The molecule has 0 unspecified atom stereocenters. The quantitative estimate of drug-likeness (QED) is 0.0905. The van der Waals surface area contributed by atoms with Gasteiger partial charge in [0.2, 0.25) is 11.7 Å². The van der Waals surface area contributed by atoms with Crippen molar-refractivity contribution in [3.63, 3.8) is 0 Å². The van der Waals surface area contributed by atoms with Crippen LogP contribution in [0.25, 0.3) is 140 Å². The summed E-state index contributed by atoms with van der Waals surface area (Å²) in [5.41, 5.74) is -5.45. The molecule has 0 N–H and O–H groups in total. The summed E-state index contributed by atoms with van der Waals surface area (Å²) in [6.07, 6.45) is 3.27. The zero-order valence-electron chi connectivity index (χ0n) is 75.8. The molecule has 8 heteroatoms. The van der Waals surface area contributed by atoms with Gasteiger partial charge in [-0.2, -0.15) is 0 Å². The second-order valence-electron chi connectivity index (χ2n) is 21.1. The Bertz CT molecular complexity index is 6880. The minimum Gasteiger partial charge on any atom is -0.458 e. The number of hydrogen-bond acceptors (Lipinski definition) is 3. The van der Waals surface area contributed by atoms with Gasteiger partial charge in [0.1, 0.15) is 11.5 Å². The molecular weight excluding hydrogens is 1110 g/mol. The molecule has 0 saturated carbocycles. The van der Waals surface area contributed by atoms with E-state index in [1.54, 1.807) is 42.5 Å². The molecule has 8 nitrogen and oxygen atoms in total. The van der Waals surface area contributed by atoms with Crippen LogP contribution in [0.2, 0.25) is 0 Å². The van der Waals surface area contributed by atoms with Crippen LogP contribution in [0.4, 0.5) is 0 Å². The third kappa shape index (κ3) is 9.36. The molecule has 0 spiro atoms. The highest BCUT2D eigenvalue weighted by Crippen LogP contribution is 2.42. The van der Waals surface area contributed by atoms with Gasteiger partial charge in [0.05, 0.1) is 93.9 Å². The van der Waals surface area contributed by atoms with Crippen molar-refractivity contribution in [2.24, 2.45) is 0 Å². The van der Waals surface area contributed by atoms with E-state index in [-0.39, 0.29) is 28.0 Å². The molecule has 0 bridgehead atoms. The number of aryl methyl sites for hydroxylation is 1. The van der Waals surface area contributed by atoms with Crippen LogP contribution in [0, 0.1) is 20.2 Å². The molecule has 0 aliphatic carbocycles. The first-order valence-electron chi connectivity index (χ1n) is 42.5. The third-order valence-electron chi connectivity index (χ3n) is 15.5. The Balaban J connectivity index is 0.986. The minimum absolute atomic E-state index is 0.0236. The van der Waals surface area contributed by atoms with E-state index in [1.165, 1.54) is 23.6 Å². The molecule has 4 aromatic heterocycles. The Morgan fingerprint density at radius 1 is 0.407 bits per heavy atom. The largest absolute Gasteiger partial charge is 0.458 e. The summed E-state index contributed by atoms with van der Waals surface area (Å²) >= 11 is 0. The number of imidazole rings is 4. The Kier molecular flexibility index (Phi) is 7.63. The van der Waals surface area contributed by atoms with Gasteiger partial charge in [0.15, 0.2) is 0 Å². The van der Waals surface area contributed by atoms with Gasteiger partial charge in [0, 0.05) is 11.8 Å². The van der Waals surface area contributed by atoms with Crippen molar-refractivity contribution in [2.75, 3.05) is 0 Å². The van der Waals surface area contributed by atoms with E-state index in [0.717, 1.165) is 37.9 Å². The standard InChI is InChI=1S/C83H57N7O/c1-55-40-42-60(43-41-55)64-47-63(59-27-11-5-12-28-59)50-66(51-64)72-34-21-33-71(65-48-61(57-23-7-3-8-24-57)46-62(49-65)58-25-9-4-10-26-58)81(72)87-54-86(75-37-17-18-38-76(75)87)68-31-20-32-69(52-68)91-70-44-45-77-79(53-70)90(83-85-80-56(2)22-19-39-78(80)89(77)83)82-84-73-35-15-16-36-74(73)88(82)67-29-13-6-14-30-67/h3-53H,1-2H3/i3D,4D,5D,7D,8D,9D,10D,11D,12D,21D,23D,24D,25D,26D,27D,28D,33D,34D,40D,41D,42D,43D,46D,47D,48D,49D,50D,51D. The number of hydrogen-bond donors (Lipinski definition) is 0. The zero-order valence-corrected chi connectivity index (χ0v) is 47.8. The lowest BCUT2D eigenvalue weighted by molar-refractivity contribution is -0.571. The number of benzene rings is 13. The van der Waals surface area contributed by atoms with Crippen LogP contribution in [-0.2, 0) is 0 Å². The lowest BCUT2D eigenvalue weighted by Gasteiger charge is -2.20. The van der Waals surface area contributed by atoms with Crippen LogP contribution in [0.5, 0.6) is 11.5 Å². The van der Waals surface area contributed by atoms with Gasteiger partial charge in [0.25, 0.3) is 6.33 Å². The topological polar surface area (TPSA) is 58.1 Å². The van der Waals surface area contributed by atoms with Crippen LogP contribution in [0.15, 0.2) is 309 Å². The molecule has 0 amide bonds. The first-order chi connectivity index (χ1) is 56.6. The van der Waals surface area contributed by atoms with E-state index in [4.69, 9.17) is 29.8 Å². The third-order valence-corrected chi connectivity index (χ3v) is 15.5. The van der Waals surface area contributed by atoms with Crippen molar-refractivity contribution in [1.29, 1.82) is 0 Å². The van der Waals surface area contributed by atoms with E-state index < -0.39 is 242 Å². The fraction of sp³-hybridized carbons (Fsp3) is 0.0241. The van der Waals surface area contributed by atoms with Crippen LogP contribution in [0.3, 0.4) is 0 Å². The molecule has 4 heterocycles. The molecule has 13 aromatic carbocycles. The number of nitrogens with zero attached hydrogens (tertiary/aromatic N) is 7. The maximum absolute atomic E-state index is 10.5. The number of fused-ring (bicyclic) bond motifs is 7. The van der Waals surface area contributed by atoms with Crippen molar-refractivity contribution in [1.82, 2.24) is 28.1 Å². The maximum Gasteiger partial charge on any atom is 0.269 e. The number of ether oxygens (including phenoxy) is 1. The highest BCUT2D eigenvalue weighted by molar-refractivity contribution is 5.95. The van der Waals surface area contributed by atoms with Crippen molar-refractivity contribution in [3.8, 4) is 101 Å². The summed E-state index contributed by atoms with van der Waals surface area (Å²) in [6.45, 7) is 3.25. The Hall–Kier alpha value is -12.1. The van der Waals surface area contributed by atoms with Crippen molar-refractivity contribution >= 4 is 49.9 Å². The van der Waals surface area contributed by atoms with Crippen LogP contribution >= 0.6 is 0 Å². The highest BCUT2D eigenvalue weighted by Gasteiger charge is 2.26. The molecular formula is C83H57N7O. The van der Waals surface area contributed by atoms with Gasteiger partial charge in [-0.05, 0) is 183 Å². The molecule has 17 rings (SSSR count). The summed E-state index contributed by atoms with van der Waals surface area (Å²) in [4.78, 5) is 10.5. The maximum atomic E-state index is 10.5. The van der Waals surface area contributed by atoms with E-state index >= 15 is 0 Å². The van der Waals surface area contributed by atoms with Gasteiger partial charge in [-0.15, -0.1) is 0 Å². The lowest BCUT2D eigenvalue weighted by Crippen LogP contribution is -2.31.